The van der Waals surface area contributed by atoms with Crippen molar-refractivity contribution in [2.24, 2.45) is 0 Å². The number of nitrogens with zero attached hydrogens (tertiary/aromatic N) is 1. The van der Waals surface area contributed by atoms with Crippen molar-refractivity contribution in [1.29, 1.82) is 0 Å². The zero-order valence-corrected chi connectivity index (χ0v) is 13.0. The Hall–Kier alpha value is -2.42. The maximum absolute atomic E-state index is 10.8. The Morgan fingerprint density at radius 1 is 1.09 bits per heavy atom. The summed E-state index contributed by atoms with van der Waals surface area (Å²) in [5.74, 6) is 0.973. The molecule has 2 bridgehead atoms. The zero-order chi connectivity index (χ0) is 16.0. The molecule has 0 radical (unpaired) electrons. The molecule has 23 heavy (non-hydrogen) atoms. The van der Waals surface area contributed by atoms with E-state index in [0.717, 1.165) is 24.0 Å². The molecule has 2 N–H and O–H groups in total. The molecule has 2 aliphatic rings. The van der Waals surface area contributed by atoms with Crippen LogP contribution in [0.4, 0.5) is 0 Å². The monoisotopic (exact) mass is 307 g/mol. The van der Waals surface area contributed by atoms with Gasteiger partial charge in [0.15, 0.2) is 11.8 Å². The van der Waals surface area contributed by atoms with Crippen LogP contribution in [0.5, 0.6) is 11.8 Å². The second kappa shape index (κ2) is 5.34. The standard InChI is InChI=1S/C20H21NO2/c1-2-6-16(11-13-7-4-3-5-8-13)21-19(22)17-14-9-10-15(12-14)18(17)20(21)23/h2-5,7-10,14-16,22-23H,1,6,11-12H2. The Morgan fingerprint density at radius 3 is 2.26 bits per heavy atom. The number of aromatic nitrogens is 1. The highest BCUT2D eigenvalue weighted by molar-refractivity contribution is 5.59. The van der Waals surface area contributed by atoms with Gasteiger partial charge in [-0.2, -0.15) is 0 Å². The van der Waals surface area contributed by atoms with E-state index in [-0.39, 0.29) is 29.6 Å². The predicted octanol–water partition coefficient (Wildman–Crippen LogP) is 4.40. The number of rotatable bonds is 5. The Kier molecular flexibility index (Phi) is 3.29. The first-order valence-corrected chi connectivity index (χ1v) is 8.19. The molecule has 118 valence electrons. The molecule has 1 heterocycles. The van der Waals surface area contributed by atoms with E-state index in [1.54, 1.807) is 4.57 Å². The van der Waals surface area contributed by atoms with Gasteiger partial charge >= 0.3 is 0 Å². The van der Waals surface area contributed by atoms with Crippen LogP contribution in [0.25, 0.3) is 0 Å². The fourth-order valence-corrected chi connectivity index (χ4v) is 4.16. The van der Waals surface area contributed by atoms with Crippen LogP contribution in [0.2, 0.25) is 0 Å². The molecule has 0 spiro atoms. The summed E-state index contributed by atoms with van der Waals surface area (Å²) in [7, 11) is 0. The van der Waals surface area contributed by atoms with Gasteiger partial charge in [-0.1, -0.05) is 48.6 Å². The highest BCUT2D eigenvalue weighted by Gasteiger charge is 2.41. The number of aromatic hydroxyl groups is 2. The molecule has 2 aliphatic carbocycles. The number of allylic oxidation sites excluding steroid dienone is 3. The summed E-state index contributed by atoms with van der Waals surface area (Å²) >= 11 is 0. The lowest BCUT2D eigenvalue weighted by atomic mass is 10.0. The van der Waals surface area contributed by atoms with Gasteiger partial charge in [0.05, 0.1) is 0 Å². The van der Waals surface area contributed by atoms with Crippen molar-refractivity contribution in [3.05, 3.63) is 71.8 Å². The third-order valence-corrected chi connectivity index (χ3v) is 5.17. The van der Waals surface area contributed by atoms with Gasteiger partial charge in [0.1, 0.15) is 0 Å². The van der Waals surface area contributed by atoms with Crippen molar-refractivity contribution >= 4 is 0 Å². The first kappa shape index (κ1) is 14.2. The van der Waals surface area contributed by atoms with Gasteiger partial charge in [-0.05, 0) is 24.8 Å². The molecule has 1 aromatic carbocycles. The van der Waals surface area contributed by atoms with Crippen molar-refractivity contribution in [2.75, 3.05) is 0 Å². The quantitative estimate of drug-likeness (QED) is 0.804. The summed E-state index contributed by atoms with van der Waals surface area (Å²) in [6, 6.07) is 10.1. The van der Waals surface area contributed by atoms with Crippen LogP contribution in [0.3, 0.4) is 0 Å². The van der Waals surface area contributed by atoms with Gasteiger partial charge in [-0.15, -0.1) is 6.58 Å². The maximum Gasteiger partial charge on any atom is 0.198 e. The molecule has 3 atom stereocenters. The summed E-state index contributed by atoms with van der Waals surface area (Å²) in [4.78, 5) is 0. The molecule has 0 aliphatic heterocycles. The molecule has 4 rings (SSSR count). The van der Waals surface area contributed by atoms with Gasteiger partial charge < -0.3 is 10.2 Å². The number of hydrogen-bond donors (Lipinski definition) is 2. The second-order valence-corrected chi connectivity index (χ2v) is 6.55. The van der Waals surface area contributed by atoms with Crippen LogP contribution in [-0.4, -0.2) is 14.8 Å². The van der Waals surface area contributed by atoms with Crippen molar-refractivity contribution in [3.63, 3.8) is 0 Å². The molecule has 0 fully saturated rings. The van der Waals surface area contributed by atoms with Crippen LogP contribution < -0.4 is 0 Å². The van der Waals surface area contributed by atoms with Crippen LogP contribution >= 0.6 is 0 Å². The fraction of sp³-hybridized carbons (Fsp3) is 0.300. The molecule has 3 heteroatoms. The average molecular weight is 307 g/mol. The highest BCUT2D eigenvalue weighted by atomic mass is 16.3. The lowest BCUT2D eigenvalue weighted by molar-refractivity contribution is 0.325. The van der Waals surface area contributed by atoms with Crippen LogP contribution in [0, 0.1) is 0 Å². The number of benzene rings is 1. The molecule has 0 saturated carbocycles. The minimum Gasteiger partial charge on any atom is -0.494 e. The van der Waals surface area contributed by atoms with E-state index in [1.807, 2.05) is 24.3 Å². The van der Waals surface area contributed by atoms with E-state index < -0.39 is 0 Å². The lowest BCUT2D eigenvalue weighted by Crippen LogP contribution is -2.11. The zero-order valence-electron chi connectivity index (χ0n) is 13.0. The smallest absolute Gasteiger partial charge is 0.198 e. The van der Waals surface area contributed by atoms with Crippen molar-refractivity contribution < 1.29 is 10.2 Å². The van der Waals surface area contributed by atoms with E-state index in [0.29, 0.717) is 6.42 Å². The number of fused-ring (bicyclic) bond motifs is 5. The molecular formula is C20H21NO2. The third-order valence-electron chi connectivity index (χ3n) is 5.17. The number of hydrogen-bond acceptors (Lipinski definition) is 2. The van der Waals surface area contributed by atoms with E-state index in [9.17, 15) is 10.2 Å². The van der Waals surface area contributed by atoms with E-state index in [4.69, 9.17) is 0 Å². The van der Waals surface area contributed by atoms with E-state index in [2.05, 4.69) is 30.9 Å². The van der Waals surface area contributed by atoms with Gasteiger partial charge in [0.2, 0.25) is 0 Å². The lowest BCUT2D eigenvalue weighted by Gasteiger charge is -2.20. The Labute approximate surface area is 136 Å². The maximum atomic E-state index is 10.8. The minimum absolute atomic E-state index is 0.0279. The van der Waals surface area contributed by atoms with Gasteiger partial charge in [0.25, 0.3) is 0 Å². The van der Waals surface area contributed by atoms with Crippen molar-refractivity contribution in [3.8, 4) is 11.8 Å². The molecular weight excluding hydrogens is 286 g/mol. The normalized spacial score (nSPS) is 22.3. The Morgan fingerprint density at radius 2 is 1.70 bits per heavy atom. The summed E-state index contributed by atoms with van der Waals surface area (Å²) in [6.45, 7) is 3.84. The molecule has 3 unspecified atom stereocenters. The summed E-state index contributed by atoms with van der Waals surface area (Å²) in [5.41, 5.74) is 3.04. The van der Waals surface area contributed by atoms with Crippen LogP contribution in [-0.2, 0) is 6.42 Å². The van der Waals surface area contributed by atoms with Crippen molar-refractivity contribution in [1.82, 2.24) is 4.57 Å². The van der Waals surface area contributed by atoms with Crippen molar-refractivity contribution in [2.45, 2.75) is 37.1 Å². The Balaban J connectivity index is 1.75. The van der Waals surface area contributed by atoms with E-state index in [1.165, 1.54) is 5.56 Å². The molecule has 0 saturated heterocycles. The second-order valence-electron chi connectivity index (χ2n) is 6.55. The average Bonchev–Trinajstić information content (AvgIpc) is 3.22. The largest absolute Gasteiger partial charge is 0.494 e. The molecule has 3 nitrogen and oxygen atoms in total. The molecule has 1 aromatic heterocycles. The van der Waals surface area contributed by atoms with Crippen LogP contribution in [0.15, 0.2) is 55.1 Å². The fourth-order valence-electron chi connectivity index (χ4n) is 4.16. The SMILES string of the molecule is C=CCC(Cc1ccccc1)n1c(O)c2c(c1O)C1C=CC2C1. The first-order valence-electron chi connectivity index (χ1n) is 8.19. The topological polar surface area (TPSA) is 45.4 Å². The predicted molar refractivity (Wildman–Crippen MR) is 91.0 cm³/mol. The third kappa shape index (κ3) is 2.11. The Bertz CT molecular complexity index is 737. The highest BCUT2D eigenvalue weighted by Crippen LogP contribution is 2.57. The van der Waals surface area contributed by atoms with Gasteiger partial charge in [-0.25, -0.2) is 0 Å². The van der Waals surface area contributed by atoms with Crippen LogP contribution in [0.1, 0.15) is 47.4 Å². The summed E-state index contributed by atoms with van der Waals surface area (Å²) in [6.07, 6.45) is 8.59. The van der Waals surface area contributed by atoms with E-state index >= 15 is 0 Å². The molecule has 0 amide bonds. The van der Waals surface area contributed by atoms with Gasteiger partial charge in [-0.3, -0.25) is 4.57 Å². The summed E-state index contributed by atoms with van der Waals surface area (Å²) < 4.78 is 1.71. The minimum atomic E-state index is -0.0279. The molecule has 2 aromatic rings. The first-order chi connectivity index (χ1) is 11.2. The van der Waals surface area contributed by atoms with Gasteiger partial charge in [0, 0.05) is 29.0 Å². The summed E-state index contributed by atoms with van der Waals surface area (Å²) in [5, 5.41) is 21.5.